The van der Waals surface area contributed by atoms with Gasteiger partial charge in [0.1, 0.15) is 12.3 Å². The lowest BCUT2D eigenvalue weighted by Gasteiger charge is -2.10. The Morgan fingerprint density at radius 1 is 1.27 bits per heavy atom. The fourth-order valence-electron chi connectivity index (χ4n) is 2.06. The van der Waals surface area contributed by atoms with Gasteiger partial charge in [0.15, 0.2) is 11.9 Å². The van der Waals surface area contributed by atoms with Crippen LogP contribution in [-0.4, -0.2) is 35.2 Å². The lowest BCUT2D eigenvalue weighted by molar-refractivity contribution is -0.148. The van der Waals surface area contributed by atoms with Gasteiger partial charge >= 0.3 is 5.97 Å². The van der Waals surface area contributed by atoms with E-state index >= 15 is 0 Å². The summed E-state index contributed by atoms with van der Waals surface area (Å²) in [7, 11) is 0. The number of esters is 1. The van der Waals surface area contributed by atoms with Crippen molar-refractivity contribution >= 4 is 11.9 Å². The topological polar surface area (TPSA) is 104 Å². The predicted octanol–water partition coefficient (Wildman–Crippen LogP) is 2.59. The summed E-state index contributed by atoms with van der Waals surface area (Å²) in [5, 5.41) is 6.14. The zero-order chi connectivity index (χ0) is 18.9. The van der Waals surface area contributed by atoms with Gasteiger partial charge < -0.3 is 19.3 Å². The quantitative estimate of drug-likeness (QED) is 0.541. The summed E-state index contributed by atoms with van der Waals surface area (Å²) in [5.74, 6) is 0.404. The summed E-state index contributed by atoms with van der Waals surface area (Å²) in [4.78, 5) is 27.9. The third kappa shape index (κ3) is 5.87. The number of rotatable bonds is 9. The number of hydrogen-bond donors (Lipinski definition) is 1. The highest BCUT2D eigenvalue weighted by Crippen LogP contribution is 2.14. The van der Waals surface area contributed by atoms with Crippen molar-refractivity contribution in [3.05, 3.63) is 41.5 Å². The maximum absolute atomic E-state index is 12.1. The van der Waals surface area contributed by atoms with Gasteiger partial charge in [-0.3, -0.25) is 9.59 Å². The lowest BCUT2D eigenvalue weighted by atomic mass is 10.2. The van der Waals surface area contributed by atoms with Crippen LogP contribution in [0.2, 0.25) is 0 Å². The molecular formula is C18H23N3O5. The van der Waals surface area contributed by atoms with Crippen molar-refractivity contribution in [1.82, 2.24) is 15.5 Å². The normalized spacial score (nSPS) is 11.7. The molecule has 2 aromatic rings. The summed E-state index contributed by atoms with van der Waals surface area (Å²) < 4.78 is 15.6. The second kappa shape index (κ2) is 9.55. The van der Waals surface area contributed by atoms with Gasteiger partial charge in [-0.05, 0) is 44.5 Å². The van der Waals surface area contributed by atoms with E-state index in [2.05, 4.69) is 22.4 Å². The Balaban J connectivity index is 1.77. The Morgan fingerprint density at radius 3 is 2.62 bits per heavy atom. The zero-order valence-electron chi connectivity index (χ0n) is 15.2. The van der Waals surface area contributed by atoms with Gasteiger partial charge in [-0.1, -0.05) is 18.5 Å². The van der Waals surface area contributed by atoms with Crippen molar-refractivity contribution in [1.29, 1.82) is 0 Å². The Bertz CT molecular complexity index is 727. The molecule has 0 spiro atoms. The number of carbonyl (C=O) groups is 2. The van der Waals surface area contributed by atoms with E-state index in [0.717, 1.165) is 12.8 Å². The maximum Gasteiger partial charge on any atom is 0.326 e. The molecule has 1 heterocycles. The largest absolute Gasteiger partial charge is 0.494 e. The number of aryl methyl sites for hydroxylation is 1. The van der Waals surface area contributed by atoms with Crippen LogP contribution in [-0.2, 0) is 9.53 Å². The van der Waals surface area contributed by atoms with E-state index in [-0.39, 0.29) is 18.3 Å². The van der Waals surface area contributed by atoms with Crippen molar-refractivity contribution in [2.45, 2.75) is 39.7 Å². The zero-order valence-corrected chi connectivity index (χ0v) is 15.2. The van der Waals surface area contributed by atoms with Gasteiger partial charge in [0.05, 0.1) is 6.61 Å². The summed E-state index contributed by atoms with van der Waals surface area (Å²) in [6.45, 7) is 5.76. The number of unbranched alkanes of at least 4 members (excludes halogenated alkanes) is 1. The van der Waals surface area contributed by atoms with E-state index in [9.17, 15) is 9.59 Å². The fourth-order valence-corrected chi connectivity index (χ4v) is 2.06. The van der Waals surface area contributed by atoms with Gasteiger partial charge in [-0.15, -0.1) is 0 Å². The minimum atomic E-state index is -0.680. The van der Waals surface area contributed by atoms with Crippen LogP contribution in [0.25, 0.3) is 0 Å². The molecule has 1 amide bonds. The third-order valence-electron chi connectivity index (χ3n) is 3.48. The van der Waals surface area contributed by atoms with E-state index in [1.807, 2.05) is 0 Å². The first-order valence-electron chi connectivity index (χ1n) is 8.50. The molecule has 1 unspecified atom stereocenters. The van der Waals surface area contributed by atoms with Crippen LogP contribution in [0.15, 0.2) is 28.8 Å². The molecule has 8 nitrogen and oxygen atoms in total. The van der Waals surface area contributed by atoms with Crippen molar-refractivity contribution in [2.24, 2.45) is 0 Å². The first-order chi connectivity index (χ1) is 12.5. The first kappa shape index (κ1) is 19.4. The Hall–Kier alpha value is -2.90. The van der Waals surface area contributed by atoms with Crippen molar-refractivity contribution < 1.29 is 23.6 Å². The van der Waals surface area contributed by atoms with Crippen LogP contribution >= 0.6 is 0 Å². The molecule has 2 rings (SSSR count). The highest BCUT2D eigenvalue weighted by molar-refractivity contribution is 5.96. The average molecular weight is 361 g/mol. The fraction of sp³-hybridized carbons (Fsp3) is 0.444. The Labute approximate surface area is 151 Å². The van der Waals surface area contributed by atoms with Crippen LogP contribution < -0.4 is 10.1 Å². The lowest BCUT2D eigenvalue weighted by Crippen LogP contribution is -2.31. The van der Waals surface area contributed by atoms with E-state index in [1.165, 1.54) is 0 Å². The molecule has 0 fully saturated rings. The molecule has 26 heavy (non-hydrogen) atoms. The number of nitrogens with zero attached hydrogens (tertiary/aromatic N) is 2. The third-order valence-corrected chi connectivity index (χ3v) is 3.48. The number of nitrogens with one attached hydrogen (secondary N) is 1. The highest BCUT2D eigenvalue weighted by atomic mass is 16.6. The van der Waals surface area contributed by atoms with E-state index < -0.39 is 12.1 Å². The molecular weight excluding hydrogens is 338 g/mol. The molecule has 1 atom stereocenters. The van der Waals surface area contributed by atoms with Crippen LogP contribution in [0, 0.1) is 6.92 Å². The van der Waals surface area contributed by atoms with E-state index in [0.29, 0.717) is 23.7 Å². The summed E-state index contributed by atoms with van der Waals surface area (Å²) in [6, 6.07) is 6.74. The molecule has 1 N–H and O–H groups in total. The molecule has 1 aromatic carbocycles. The number of aromatic nitrogens is 2. The van der Waals surface area contributed by atoms with E-state index in [1.54, 1.807) is 38.1 Å². The SMILES string of the molecule is CCCCOc1ccc(C(=O)NCC(=O)OC(C)c2nc(C)no2)cc1. The Morgan fingerprint density at radius 2 is 2.00 bits per heavy atom. The second-order valence-electron chi connectivity index (χ2n) is 5.72. The minimum absolute atomic E-state index is 0.209. The molecule has 0 aliphatic carbocycles. The van der Waals surface area contributed by atoms with Crippen LogP contribution in [0.4, 0.5) is 0 Å². The van der Waals surface area contributed by atoms with Crippen molar-refractivity contribution in [2.75, 3.05) is 13.2 Å². The molecule has 140 valence electrons. The number of amides is 1. The van der Waals surface area contributed by atoms with Crippen molar-refractivity contribution in [3.63, 3.8) is 0 Å². The highest BCUT2D eigenvalue weighted by Gasteiger charge is 2.18. The molecule has 8 heteroatoms. The van der Waals surface area contributed by atoms with Gasteiger partial charge in [0.2, 0.25) is 0 Å². The average Bonchev–Trinajstić information content (AvgIpc) is 3.07. The molecule has 1 aromatic heterocycles. The monoisotopic (exact) mass is 361 g/mol. The van der Waals surface area contributed by atoms with Gasteiger partial charge in [-0.25, -0.2) is 0 Å². The van der Waals surface area contributed by atoms with Crippen molar-refractivity contribution in [3.8, 4) is 5.75 Å². The van der Waals surface area contributed by atoms with Crippen LogP contribution in [0.5, 0.6) is 5.75 Å². The van der Waals surface area contributed by atoms with Gasteiger partial charge in [0, 0.05) is 5.56 Å². The summed E-state index contributed by atoms with van der Waals surface area (Å²) >= 11 is 0. The predicted molar refractivity (Wildman–Crippen MR) is 92.7 cm³/mol. The number of carbonyl (C=O) groups excluding carboxylic acids is 2. The molecule has 0 radical (unpaired) electrons. The molecule has 0 bridgehead atoms. The Kier molecular flexibility index (Phi) is 7.13. The molecule has 0 aliphatic rings. The molecule has 0 saturated carbocycles. The standard InChI is InChI=1S/C18H23N3O5/c1-4-5-10-24-15-8-6-14(7-9-15)17(23)19-11-16(22)25-12(2)18-20-13(3)21-26-18/h6-9,12H,4-5,10-11H2,1-3H3,(H,19,23). The number of hydrogen-bond acceptors (Lipinski definition) is 7. The smallest absolute Gasteiger partial charge is 0.326 e. The van der Waals surface area contributed by atoms with Gasteiger partial charge in [0.25, 0.3) is 11.8 Å². The summed E-state index contributed by atoms with van der Waals surface area (Å²) in [5.41, 5.74) is 0.432. The van der Waals surface area contributed by atoms with E-state index in [4.69, 9.17) is 14.0 Å². The number of benzene rings is 1. The second-order valence-corrected chi connectivity index (χ2v) is 5.72. The number of ether oxygens (including phenoxy) is 2. The first-order valence-corrected chi connectivity index (χ1v) is 8.50. The summed E-state index contributed by atoms with van der Waals surface area (Å²) in [6.07, 6.45) is 1.35. The minimum Gasteiger partial charge on any atom is -0.494 e. The van der Waals surface area contributed by atoms with Gasteiger partial charge in [-0.2, -0.15) is 4.98 Å². The van der Waals surface area contributed by atoms with Crippen LogP contribution in [0.1, 0.15) is 54.9 Å². The molecule has 0 saturated heterocycles. The molecule has 0 aliphatic heterocycles. The van der Waals surface area contributed by atoms with Crippen LogP contribution in [0.3, 0.4) is 0 Å². The maximum atomic E-state index is 12.1.